The first kappa shape index (κ1) is 9.39. The third-order valence-corrected chi connectivity index (χ3v) is 1.05. The molecule has 0 aliphatic rings. The molecule has 0 aromatic carbocycles. The van der Waals surface area contributed by atoms with E-state index in [4.69, 9.17) is 10.2 Å². The van der Waals surface area contributed by atoms with Gasteiger partial charge < -0.3 is 15.5 Å². The van der Waals surface area contributed by atoms with Gasteiger partial charge in [-0.15, -0.1) is 0 Å². The minimum absolute atomic E-state index is 0.128. The quantitative estimate of drug-likeness (QED) is 0.455. The van der Waals surface area contributed by atoms with Crippen LogP contribution in [-0.4, -0.2) is 35.4 Å². The molecule has 0 aliphatic heterocycles. The van der Waals surface area contributed by atoms with Crippen molar-refractivity contribution in [2.45, 2.75) is 19.4 Å². The number of carboxylic acids is 1. The van der Waals surface area contributed by atoms with E-state index in [1.165, 1.54) is 0 Å². The summed E-state index contributed by atoms with van der Waals surface area (Å²) in [6.45, 7) is 2.84. The molecule has 3 N–H and O–H groups in total. The predicted octanol–water partition coefficient (Wildman–Crippen LogP) is -0.569. The van der Waals surface area contributed by atoms with Gasteiger partial charge in [-0.2, -0.15) is 0 Å². The monoisotopic (exact) mass is 147 g/mol. The van der Waals surface area contributed by atoms with E-state index in [0.29, 0.717) is 0 Å². The third-order valence-electron chi connectivity index (χ3n) is 1.05. The van der Waals surface area contributed by atoms with E-state index >= 15 is 0 Å². The fourth-order valence-corrected chi connectivity index (χ4v) is 0.503. The van der Waals surface area contributed by atoms with Crippen LogP contribution in [-0.2, 0) is 4.79 Å². The highest BCUT2D eigenvalue weighted by atomic mass is 16.4. The lowest BCUT2D eigenvalue weighted by atomic mass is 10.3. The second-order valence-corrected chi connectivity index (χ2v) is 2.06. The minimum atomic E-state index is -1.27. The Kier molecular flexibility index (Phi) is 4.88. The summed E-state index contributed by atoms with van der Waals surface area (Å²) in [5.41, 5.74) is 0. The molecule has 1 unspecified atom stereocenters. The Hall–Kier alpha value is -0.610. The van der Waals surface area contributed by atoms with Gasteiger partial charge in [0, 0.05) is 6.54 Å². The summed E-state index contributed by atoms with van der Waals surface area (Å²) >= 11 is 0. The van der Waals surface area contributed by atoms with E-state index in [-0.39, 0.29) is 6.54 Å². The van der Waals surface area contributed by atoms with Gasteiger partial charge in [0.15, 0.2) is 6.10 Å². The van der Waals surface area contributed by atoms with Gasteiger partial charge in [-0.1, -0.05) is 6.92 Å². The van der Waals surface area contributed by atoms with Crippen LogP contribution in [0.4, 0.5) is 0 Å². The maximum Gasteiger partial charge on any atom is 0.333 e. The fourth-order valence-electron chi connectivity index (χ4n) is 0.503. The number of hydrogen-bond acceptors (Lipinski definition) is 3. The topological polar surface area (TPSA) is 69.6 Å². The van der Waals surface area contributed by atoms with Gasteiger partial charge in [-0.3, -0.25) is 0 Å². The summed E-state index contributed by atoms with van der Waals surface area (Å²) in [5, 5.41) is 19.7. The van der Waals surface area contributed by atoms with Crippen LogP contribution in [0.2, 0.25) is 0 Å². The second kappa shape index (κ2) is 5.20. The van der Waals surface area contributed by atoms with Crippen LogP contribution in [0.15, 0.2) is 0 Å². The first-order valence-corrected chi connectivity index (χ1v) is 3.30. The number of aliphatic hydroxyl groups is 1. The van der Waals surface area contributed by atoms with Crippen molar-refractivity contribution >= 4 is 5.97 Å². The number of hydrogen-bond donors (Lipinski definition) is 3. The molecule has 0 saturated carbocycles. The Morgan fingerprint density at radius 1 is 1.70 bits per heavy atom. The first-order chi connectivity index (χ1) is 4.68. The molecule has 0 aliphatic carbocycles. The van der Waals surface area contributed by atoms with E-state index in [1.54, 1.807) is 0 Å². The Morgan fingerprint density at radius 2 is 2.30 bits per heavy atom. The van der Waals surface area contributed by atoms with Crippen molar-refractivity contribution in [3.05, 3.63) is 0 Å². The second-order valence-electron chi connectivity index (χ2n) is 2.06. The molecular formula is C6H13NO3. The lowest BCUT2D eigenvalue weighted by molar-refractivity contribution is -0.146. The highest BCUT2D eigenvalue weighted by molar-refractivity contribution is 5.72. The molecular weight excluding hydrogens is 134 g/mol. The Labute approximate surface area is 59.9 Å². The molecule has 0 bridgehead atoms. The summed E-state index contributed by atoms with van der Waals surface area (Å²) in [4.78, 5) is 10.0. The summed E-state index contributed by atoms with van der Waals surface area (Å²) < 4.78 is 0. The average molecular weight is 147 g/mol. The van der Waals surface area contributed by atoms with Gasteiger partial charge in [-0.25, -0.2) is 4.79 Å². The van der Waals surface area contributed by atoms with Crippen LogP contribution in [0.1, 0.15) is 13.3 Å². The van der Waals surface area contributed by atoms with Crippen molar-refractivity contribution < 1.29 is 15.0 Å². The number of aliphatic carboxylic acids is 1. The Bertz CT molecular complexity index is 105. The van der Waals surface area contributed by atoms with Crippen molar-refractivity contribution in [1.29, 1.82) is 0 Å². The van der Waals surface area contributed by atoms with Crippen molar-refractivity contribution in [3.8, 4) is 0 Å². The van der Waals surface area contributed by atoms with E-state index in [9.17, 15) is 4.79 Å². The van der Waals surface area contributed by atoms with Gasteiger partial charge in [-0.05, 0) is 13.0 Å². The van der Waals surface area contributed by atoms with Crippen LogP contribution in [0.25, 0.3) is 0 Å². The van der Waals surface area contributed by atoms with Gasteiger partial charge >= 0.3 is 5.97 Å². The molecule has 0 fully saturated rings. The zero-order valence-electron chi connectivity index (χ0n) is 6.00. The molecule has 60 valence electrons. The lowest BCUT2D eigenvalue weighted by Gasteiger charge is -2.04. The van der Waals surface area contributed by atoms with E-state index in [0.717, 1.165) is 13.0 Å². The molecule has 10 heavy (non-hydrogen) atoms. The molecule has 0 aromatic heterocycles. The van der Waals surface area contributed by atoms with Gasteiger partial charge in [0.1, 0.15) is 0 Å². The fraction of sp³-hybridized carbons (Fsp3) is 0.833. The predicted molar refractivity (Wildman–Crippen MR) is 36.8 cm³/mol. The number of rotatable bonds is 5. The molecule has 0 amide bonds. The number of carboxylic acid groups (broad SMARTS) is 1. The lowest BCUT2D eigenvalue weighted by Crippen LogP contribution is -2.33. The van der Waals surface area contributed by atoms with Gasteiger partial charge in [0.25, 0.3) is 0 Å². The maximum absolute atomic E-state index is 10.0. The zero-order valence-corrected chi connectivity index (χ0v) is 6.00. The largest absolute Gasteiger partial charge is 0.479 e. The first-order valence-electron chi connectivity index (χ1n) is 3.30. The number of carbonyl (C=O) groups is 1. The number of nitrogens with one attached hydrogen (secondary N) is 1. The molecule has 1 atom stereocenters. The molecule has 4 nitrogen and oxygen atoms in total. The van der Waals surface area contributed by atoms with Gasteiger partial charge in [0.05, 0.1) is 0 Å². The number of aliphatic hydroxyl groups excluding tert-OH is 1. The standard InChI is InChI=1S/C6H13NO3/c1-2-3-7-4-5(8)6(9)10/h5,7-8H,2-4H2,1H3,(H,9,10). The van der Waals surface area contributed by atoms with E-state index in [2.05, 4.69) is 5.32 Å². The van der Waals surface area contributed by atoms with E-state index in [1.807, 2.05) is 6.92 Å². The summed E-state index contributed by atoms with van der Waals surface area (Å²) in [7, 11) is 0. The third kappa shape index (κ3) is 4.29. The SMILES string of the molecule is CCCNCC(O)C(=O)O. The molecule has 0 saturated heterocycles. The molecule has 0 rings (SSSR count). The van der Waals surface area contributed by atoms with Crippen LogP contribution >= 0.6 is 0 Å². The molecule has 4 heteroatoms. The van der Waals surface area contributed by atoms with Crippen molar-refractivity contribution in [1.82, 2.24) is 5.32 Å². The van der Waals surface area contributed by atoms with Crippen molar-refractivity contribution in [3.63, 3.8) is 0 Å². The van der Waals surface area contributed by atoms with Gasteiger partial charge in [0.2, 0.25) is 0 Å². The van der Waals surface area contributed by atoms with Crippen LogP contribution in [0, 0.1) is 0 Å². The Morgan fingerprint density at radius 3 is 2.70 bits per heavy atom. The highest BCUT2D eigenvalue weighted by Crippen LogP contribution is 1.79. The maximum atomic E-state index is 10.0. The zero-order chi connectivity index (χ0) is 7.98. The molecule has 0 radical (unpaired) electrons. The smallest absolute Gasteiger partial charge is 0.333 e. The summed E-state index contributed by atoms with van der Waals surface area (Å²) in [6, 6.07) is 0. The van der Waals surface area contributed by atoms with Crippen molar-refractivity contribution in [2.24, 2.45) is 0 Å². The Balaban J connectivity index is 3.21. The summed E-state index contributed by atoms with van der Waals surface area (Å²) in [5.74, 6) is -1.18. The van der Waals surface area contributed by atoms with E-state index < -0.39 is 12.1 Å². The normalized spacial score (nSPS) is 13.0. The minimum Gasteiger partial charge on any atom is -0.479 e. The van der Waals surface area contributed by atoms with Crippen LogP contribution < -0.4 is 5.32 Å². The molecule has 0 spiro atoms. The molecule has 0 heterocycles. The van der Waals surface area contributed by atoms with Crippen LogP contribution in [0.3, 0.4) is 0 Å². The average Bonchev–Trinajstić information content (AvgIpc) is 1.88. The van der Waals surface area contributed by atoms with Crippen LogP contribution in [0.5, 0.6) is 0 Å². The molecule has 0 aromatic rings. The van der Waals surface area contributed by atoms with Crippen molar-refractivity contribution in [2.75, 3.05) is 13.1 Å². The highest BCUT2D eigenvalue weighted by Gasteiger charge is 2.10. The summed E-state index contributed by atoms with van der Waals surface area (Å²) in [6.07, 6.45) is -0.335.